The van der Waals surface area contributed by atoms with Crippen LogP contribution in [0.2, 0.25) is 0 Å². The zero-order valence-electron chi connectivity index (χ0n) is 11.2. The highest BCUT2D eigenvalue weighted by atomic mass is 79.9. The number of benzene rings is 2. The molecule has 1 aromatic heterocycles. The Morgan fingerprint density at radius 3 is 2.22 bits per heavy atom. The van der Waals surface area contributed by atoms with Crippen LogP contribution < -0.4 is 5.43 Å². The molecule has 0 aliphatic heterocycles. The Bertz CT molecular complexity index is 1010. The first-order valence-electron chi connectivity index (χ1n) is 6.23. The van der Waals surface area contributed by atoms with Crippen LogP contribution >= 0.6 is 15.9 Å². The Hall–Kier alpha value is -2.87. The van der Waals surface area contributed by atoms with Gasteiger partial charge in [-0.1, -0.05) is 0 Å². The van der Waals surface area contributed by atoms with E-state index in [2.05, 4.69) is 15.9 Å². The number of phenolic OH excluding ortho intramolecular Hbond substituents is 4. The molecule has 2 aromatic carbocycles. The van der Waals surface area contributed by atoms with E-state index in [9.17, 15) is 30.3 Å². The van der Waals surface area contributed by atoms with E-state index in [1.54, 1.807) is 0 Å². The van der Waals surface area contributed by atoms with Gasteiger partial charge in [-0.25, -0.2) is 0 Å². The Morgan fingerprint density at radius 2 is 1.57 bits per heavy atom. The average Bonchev–Trinajstić information content (AvgIpc) is 2.50. The van der Waals surface area contributed by atoms with Crippen molar-refractivity contribution in [3.63, 3.8) is 0 Å². The van der Waals surface area contributed by atoms with Crippen LogP contribution in [0.3, 0.4) is 0 Å². The number of halogens is 1. The van der Waals surface area contributed by atoms with Crippen LogP contribution in [0.15, 0.2) is 37.9 Å². The zero-order valence-corrected chi connectivity index (χ0v) is 12.8. The summed E-state index contributed by atoms with van der Waals surface area (Å²) in [6.45, 7) is 0. The summed E-state index contributed by atoms with van der Waals surface area (Å²) in [4.78, 5) is 12.3. The lowest BCUT2D eigenvalue weighted by atomic mass is 10.1. The molecule has 0 amide bonds. The maximum atomic E-state index is 12.3. The summed E-state index contributed by atoms with van der Waals surface area (Å²) in [5.74, 6) is -2.83. The van der Waals surface area contributed by atoms with Gasteiger partial charge in [-0.3, -0.25) is 4.79 Å². The third kappa shape index (κ3) is 2.23. The van der Waals surface area contributed by atoms with Gasteiger partial charge in [0.25, 0.3) is 0 Å². The molecule has 0 spiro atoms. The Morgan fingerprint density at radius 1 is 0.870 bits per heavy atom. The van der Waals surface area contributed by atoms with E-state index in [0.717, 1.165) is 18.2 Å². The van der Waals surface area contributed by atoms with Crippen molar-refractivity contribution in [2.75, 3.05) is 0 Å². The Balaban J connectivity index is 2.43. The maximum absolute atomic E-state index is 12.3. The van der Waals surface area contributed by atoms with Gasteiger partial charge >= 0.3 is 0 Å². The molecule has 0 saturated heterocycles. The van der Waals surface area contributed by atoms with Crippen molar-refractivity contribution < 1.29 is 29.9 Å². The topological polar surface area (TPSA) is 131 Å². The zero-order chi connectivity index (χ0) is 16.9. The van der Waals surface area contributed by atoms with Crippen LogP contribution in [0.25, 0.3) is 22.3 Å². The van der Waals surface area contributed by atoms with E-state index in [0.29, 0.717) is 0 Å². The lowest BCUT2D eigenvalue weighted by Gasteiger charge is -2.09. The number of phenols is 4. The predicted molar refractivity (Wildman–Crippen MR) is 83.9 cm³/mol. The van der Waals surface area contributed by atoms with Gasteiger partial charge < -0.3 is 29.9 Å². The van der Waals surface area contributed by atoms with Gasteiger partial charge in [-0.15, -0.1) is 0 Å². The van der Waals surface area contributed by atoms with Crippen molar-refractivity contribution in [3.05, 3.63) is 39.0 Å². The minimum Gasteiger partial charge on any atom is -0.507 e. The summed E-state index contributed by atoms with van der Waals surface area (Å²) in [5, 5.41) is 48.1. The van der Waals surface area contributed by atoms with E-state index >= 15 is 0 Å². The highest BCUT2D eigenvalue weighted by Gasteiger charge is 2.22. The molecule has 0 unspecified atom stereocenters. The molecule has 7 nitrogen and oxygen atoms in total. The quantitative estimate of drug-likeness (QED) is 0.410. The van der Waals surface area contributed by atoms with Crippen LogP contribution in [-0.4, -0.2) is 25.5 Å². The molecule has 0 atom stereocenters. The molecular formula is C15H9BrO7. The molecule has 0 aliphatic carbocycles. The van der Waals surface area contributed by atoms with Gasteiger partial charge in [0.15, 0.2) is 22.8 Å². The van der Waals surface area contributed by atoms with Crippen molar-refractivity contribution >= 4 is 26.9 Å². The summed E-state index contributed by atoms with van der Waals surface area (Å²) in [5.41, 5.74) is -0.966. The second-order valence-corrected chi connectivity index (χ2v) is 5.54. The number of hydrogen-bond donors (Lipinski definition) is 5. The Labute approximate surface area is 136 Å². The van der Waals surface area contributed by atoms with Crippen LogP contribution in [0, 0.1) is 0 Å². The number of fused-ring (bicyclic) bond motifs is 1. The predicted octanol–water partition coefficient (Wildman–Crippen LogP) is 2.75. The first-order chi connectivity index (χ1) is 10.8. The van der Waals surface area contributed by atoms with E-state index in [1.165, 1.54) is 6.07 Å². The van der Waals surface area contributed by atoms with Crippen LogP contribution in [0.1, 0.15) is 0 Å². The maximum Gasteiger partial charge on any atom is 0.238 e. The third-order valence-corrected chi connectivity index (χ3v) is 4.05. The fourth-order valence-electron chi connectivity index (χ4n) is 2.15. The Kier molecular flexibility index (Phi) is 3.33. The first-order valence-corrected chi connectivity index (χ1v) is 7.03. The number of rotatable bonds is 1. The second kappa shape index (κ2) is 5.10. The molecule has 1 heterocycles. The van der Waals surface area contributed by atoms with Crippen LogP contribution in [-0.2, 0) is 0 Å². The van der Waals surface area contributed by atoms with E-state index in [4.69, 9.17) is 4.42 Å². The molecule has 23 heavy (non-hydrogen) atoms. The van der Waals surface area contributed by atoms with Crippen LogP contribution in [0.5, 0.6) is 28.7 Å². The van der Waals surface area contributed by atoms with Gasteiger partial charge in [0.2, 0.25) is 11.2 Å². The molecule has 8 heteroatoms. The van der Waals surface area contributed by atoms with Gasteiger partial charge in [-0.2, -0.15) is 0 Å². The van der Waals surface area contributed by atoms with E-state index in [1.807, 2.05) is 0 Å². The number of hydrogen-bond acceptors (Lipinski definition) is 7. The molecule has 0 bridgehead atoms. The molecule has 0 fully saturated rings. The highest BCUT2D eigenvalue weighted by Crippen LogP contribution is 2.41. The SMILES string of the molecule is O=c1c(O)c(-c2ccc(O)c(O)c2)oc2c(Br)c(O)cc(O)c12. The second-order valence-electron chi connectivity index (χ2n) is 4.75. The molecule has 5 N–H and O–H groups in total. The minimum atomic E-state index is -0.910. The molecule has 3 rings (SSSR count). The molecule has 0 radical (unpaired) electrons. The van der Waals surface area contributed by atoms with Crippen molar-refractivity contribution in [2.45, 2.75) is 0 Å². The van der Waals surface area contributed by atoms with Crippen molar-refractivity contribution in [2.24, 2.45) is 0 Å². The monoisotopic (exact) mass is 380 g/mol. The molecular weight excluding hydrogens is 372 g/mol. The largest absolute Gasteiger partial charge is 0.507 e. The average molecular weight is 381 g/mol. The molecule has 0 aliphatic rings. The van der Waals surface area contributed by atoms with Crippen molar-refractivity contribution in [1.82, 2.24) is 0 Å². The molecule has 118 valence electrons. The third-order valence-electron chi connectivity index (χ3n) is 3.28. The number of aromatic hydroxyl groups is 5. The summed E-state index contributed by atoms with van der Waals surface area (Å²) in [6, 6.07) is 4.50. The van der Waals surface area contributed by atoms with Crippen molar-refractivity contribution in [3.8, 4) is 40.1 Å². The van der Waals surface area contributed by atoms with Gasteiger partial charge in [0.05, 0.1) is 0 Å². The normalized spacial score (nSPS) is 11.0. The minimum absolute atomic E-state index is 0.0200. The lowest BCUT2D eigenvalue weighted by Crippen LogP contribution is -2.03. The van der Waals surface area contributed by atoms with Gasteiger partial charge in [0.1, 0.15) is 21.4 Å². The summed E-state index contributed by atoms with van der Waals surface area (Å²) >= 11 is 3.04. The highest BCUT2D eigenvalue weighted by molar-refractivity contribution is 9.10. The van der Waals surface area contributed by atoms with Gasteiger partial charge in [-0.05, 0) is 34.1 Å². The van der Waals surface area contributed by atoms with E-state index in [-0.39, 0.29) is 38.3 Å². The van der Waals surface area contributed by atoms with E-state index < -0.39 is 22.7 Å². The summed E-state index contributed by atoms with van der Waals surface area (Å²) in [7, 11) is 0. The van der Waals surface area contributed by atoms with Gasteiger partial charge in [0, 0.05) is 11.6 Å². The standard InChI is InChI=1S/C15H9BrO7/c16-11-9(20)4-8(19)10-12(21)13(22)14(23-15(10)11)5-1-2-6(17)7(18)3-5/h1-4,17-20,22H. The van der Waals surface area contributed by atoms with Crippen molar-refractivity contribution in [1.29, 1.82) is 0 Å². The lowest BCUT2D eigenvalue weighted by molar-refractivity contribution is 0.403. The summed E-state index contributed by atoms with van der Waals surface area (Å²) in [6.07, 6.45) is 0. The first kappa shape index (κ1) is 15.0. The van der Waals surface area contributed by atoms with Crippen LogP contribution in [0.4, 0.5) is 0 Å². The fraction of sp³-hybridized carbons (Fsp3) is 0. The molecule has 0 saturated carbocycles. The molecule has 3 aromatic rings. The smallest absolute Gasteiger partial charge is 0.238 e. The fourth-order valence-corrected chi connectivity index (χ4v) is 2.55. The summed E-state index contributed by atoms with van der Waals surface area (Å²) < 4.78 is 5.46.